The van der Waals surface area contributed by atoms with Gasteiger partial charge in [0, 0.05) is 6.26 Å². The van der Waals surface area contributed by atoms with Crippen molar-refractivity contribution in [2.75, 3.05) is 26.5 Å². The number of benzene rings is 2. The minimum Gasteiger partial charge on any atom is -0.494 e. The fraction of sp³-hybridized carbons (Fsp3) is 0.409. The molecule has 1 amide bonds. The molecule has 1 fully saturated rings. The van der Waals surface area contributed by atoms with Crippen molar-refractivity contribution in [3.8, 4) is 17.2 Å². The molecule has 3 rings (SSSR count). The monoisotopic (exact) mass is 541 g/mol. The first-order valence-corrected chi connectivity index (χ1v) is 12.2. The van der Waals surface area contributed by atoms with E-state index in [9.17, 15) is 39.6 Å². The summed E-state index contributed by atoms with van der Waals surface area (Å²) in [6.45, 7) is 0.457. The number of sulfone groups is 1. The van der Waals surface area contributed by atoms with Gasteiger partial charge in [0.25, 0.3) is 5.91 Å². The second-order valence-electron chi connectivity index (χ2n) is 8.02. The number of ether oxygens (including phenoxy) is 3. The molecule has 2 aromatic carbocycles. The first kappa shape index (κ1) is 27.4. The maximum Gasteiger partial charge on any atom is 0.425 e. The molecule has 0 unspecified atom stereocenters. The van der Waals surface area contributed by atoms with Crippen LogP contribution in [0.1, 0.15) is 22.8 Å². The van der Waals surface area contributed by atoms with Gasteiger partial charge in [-0.2, -0.15) is 26.3 Å². The van der Waals surface area contributed by atoms with Gasteiger partial charge in [-0.05, 0) is 37.3 Å². The van der Waals surface area contributed by atoms with Gasteiger partial charge in [0.1, 0.15) is 28.1 Å². The van der Waals surface area contributed by atoms with Gasteiger partial charge >= 0.3 is 12.4 Å². The van der Waals surface area contributed by atoms with E-state index in [1.54, 1.807) is 0 Å². The highest BCUT2D eigenvalue weighted by atomic mass is 32.2. The fourth-order valence-electron chi connectivity index (χ4n) is 3.37. The molecule has 0 N–H and O–H groups in total. The smallest absolute Gasteiger partial charge is 0.425 e. The molecule has 36 heavy (non-hydrogen) atoms. The zero-order valence-corrected chi connectivity index (χ0v) is 19.9. The molecule has 0 saturated carbocycles. The molecular formula is C22H21F6NO6S. The second kappa shape index (κ2) is 9.71. The van der Waals surface area contributed by atoms with E-state index >= 15 is 0 Å². The molecule has 14 heteroatoms. The van der Waals surface area contributed by atoms with E-state index in [1.807, 2.05) is 0 Å². The normalized spacial score (nSPS) is 15.8. The Balaban J connectivity index is 1.86. The number of hydrogen-bond acceptors (Lipinski definition) is 6. The SMILES string of the molecule is COc1c(S(C)(=O)=O)ccc(O[C@@H](C)C(F)(F)F)c1C(=O)N1CC(Oc2cccc(C(F)(F)F)c2)C1. The van der Waals surface area contributed by atoms with Crippen LogP contribution < -0.4 is 14.2 Å². The number of likely N-dealkylation sites (tertiary alicyclic amines) is 1. The molecule has 1 aliphatic rings. The number of carbonyl (C=O) groups is 1. The van der Waals surface area contributed by atoms with Crippen molar-refractivity contribution in [3.63, 3.8) is 0 Å². The van der Waals surface area contributed by atoms with Crippen LogP contribution in [0, 0.1) is 0 Å². The summed E-state index contributed by atoms with van der Waals surface area (Å²) in [5.74, 6) is -2.01. The van der Waals surface area contributed by atoms with Crippen molar-refractivity contribution < 1.29 is 53.8 Å². The molecule has 0 aliphatic carbocycles. The molecule has 7 nitrogen and oxygen atoms in total. The van der Waals surface area contributed by atoms with Gasteiger partial charge in [-0.1, -0.05) is 6.07 Å². The van der Waals surface area contributed by atoms with Crippen LogP contribution in [0.5, 0.6) is 17.2 Å². The fourth-order valence-corrected chi connectivity index (χ4v) is 4.21. The Kier molecular flexibility index (Phi) is 7.40. The van der Waals surface area contributed by atoms with Crippen LogP contribution in [-0.4, -0.2) is 64.1 Å². The van der Waals surface area contributed by atoms with Crippen LogP contribution in [-0.2, 0) is 16.0 Å². The van der Waals surface area contributed by atoms with Gasteiger partial charge in [0.15, 0.2) is 21.7 Å². The Bertz CT molecular complexity index is 1240. The zero-order chi connectivity index (χ0) is 27.1. The topological polar surface area (TPSA) is 82.1 Å². The van der Waals surface area contributed by atoms with E-state index in [0.29, 0.717) is 6.92 Å². The average molecular weight is 541 g/mol. The number of methoxy groups -OCH3 is 1. The summed E-state index contributed by atoms with van der Waals surface area (Å²) in [7, 11) is -2.90. The molecule has 0 aromatic heterocycles. The molecule has 0 spiro atoms. The Labute approximate surface area is 202 Å². The van der Waals surface area contributed by atoms with E-state index < -0.39 is 67.8 Å². The van der Waals surface area contributed by atoms with Gasteiger partial charge in [0.05, 0.1) is 25.8 Å². The maximum absolute atomic E-state index is 13.2. The van der Waals surface area contributed by atoms with Crippen LogP contribution in [0.2, 0.25) is 0 Å². The lowest BCUT2D eigenvalue weighted by atomic mass is 10.1. The Hall–Kier alpha value is -3.16. The van der Waals surface area contributed by atoms with Crippen molar-refractivity contribution in [2.24, 2.45) is 0 Å². The lowest BCUT2D eigenvalue weighted by molar-refractivity contribution is -0.189. The maximum atomic E-state index is 13.2. The summed E-state index contributed by atoms with van der Waals surface area (Å²) in [4.78, 5) is 13.9. The molecule has 198 valence electrons. The molecule has 1 heterocycles. The predicted octanol–water partition coefficient (Wildman–Crippen LogP) is 4.35. The number of halogens is 6. The van der Waals surface area contributed by atoms with E-state index in [4.69, 9.17) is 14.2 Å². The van der Waals surface area contributed by atoms with Gasteiger partial charge in [-0.3, -0.25) is 4.79 Å². The van der Waals surface area contributed by atoms with Crippen molar-refractivity contribution in [1.82, 2.24) is 4.90 Å². The second-order valence-corrected chi connectivity index (χ2v) is 10.0. The highest BCUT2D eigenvalue weighted by Gasteiger charge is 2.41. The van der Waals surface area contributed by atoms with E-state index in [1.165, 1.54) is 6.07 Å². The van der Waals surface area contributed by atoms with Crippen LogP contribution >= 0.6 is 0 Å². The largest absolute Gasteiger partial charge is 0.494 e. The minimum absolute atomic E-state index is 0.0818. The van der Waals surface area contributed by atoms with Gasteiger partial charge in [0.2, 0.25) is 0 Å². The Morgan fingerprint density at radius 2 is 1.72 bits per heavy atom. The van der Waals surface area contributed by atoms with E-state index in [-0.39, 0.29) is 18.8 Å². The van der Waals surface area contributed by atoms with Gasteiger partial charge in [-0.25, -0.2) is 8.42 Å². The minimum atomic E-state index is -4.77. The molecular weight excluding hydrogens is 520 g/mol. The van der Waals surface area contributed by atoms with Gasteiger partial charge in [-0.15, -0.1) is 0 Å². The molecule has 0 bridgehead atoms. The third kappa shape index (κ3) is 5.97. The molecule has 2 aromatic rings. The van der Waals surface area contributed by atoms with E-state index in [0.717, 1.165) is 48.6 Å². The number of carbonyl (C=O) groups excluding carboxylic acids is 1. The average Bonchev–Trinajstić information content (AvgIpc) is 2.73. The molecule has 0 radical (unpaired) electrons. The summed E-state index contributed by atoms with van der Waals surface area (Å²) in [5, 5.41) is 0. The van der Waals surface area contributed by atoms with Crippen LogP contribution in [0.25, 0.3) is 0 Å². The number of amides is 1. The Morgan fingerprint density at radius 3 is 2.25 bits per heavy atom. The number of rotatable bonds is 7. The van der Waals surface area contributed by atoms with Crippen LogP contribution in [0.3, 0.4) is 0 Å². The summed E-state index contributed by atoms with van der Waals surface area (Å²) in [6.07, 6.45) is -11.6. The number of nitrogens with zero attached hydrogens (tertiary/aromatic N) is 1. The van der Waals surface area contributed by atoms with Crippen molar-refractivity contribution >= 4 is 15.7 Å². The van der Waals surface area contributed by atoms with Crippen LogP contribution in [0.15, 0.2) is 41.3 Å². The summed E-state index contributed by atoms with van der Waals surface area (Å²) in [5.41, 5.74) is -1.45. The lowest BCUT2D eigenvalue weighted by Crippen LogP contribution is -2.56. The molecule has 1 aliphatic heterocycles. The standard InChI is InChI=1S/C22H21F6NO6S/c1-12(21(23,24)25)34-16-7-8-17(36(3,31)32)19(33-2)18(16)20(30)29-10-15(11-29)35-14-6-4-5-13(9-14)22(26,27)28/h4-9,12,15H,10-11H2,1-3H3/t12-/m0/s1. The summed E-state index contributed by atoms with van der Waals surface area (Å²) >= 11 is 0. The van der Waals surface area contributed by atoms with Gasteiger partial charge < -0.3 is 19.1 Å². The predicted molar refractivity (Wildman–Crippen MR) is 114 cm³/mol. The zero-order valence-electron chi connectivity index (χ0n) is 19.1. The first-order chi connectivity index (χ1) is 16.5. The lowest BCUT2D eigenvalue weighted by Gasteiger charge is -2.39. The van der Waals surface area contributed by atoms with E-state index in [2.05, 4.69) is 0 Å². The first-order valence-electron chi connectivity index (χ1n) is 10.3. The highest BCUT2D eigenvalue weighted by molar-refractivity contribution is 7.90. The summed E-state index contributed by atoms with van der Waals surface area (Å²) in [6, 6.07) is 6.04. The van der Waals surface area contributed by atoms with Crippen molar-refractivity contribution in [3.05, 3.63) is 47.5 Å². The summed E-state index contributed by atoms with van der Waals surface area (Å²) < 4.78 is 118. The molecule has 1 saturated heterocycles. The third-order valence-electron chi connectivity index (χ3n) is 5.26. The number of alkyl halides is 6. The number of hydrogen-bond donors (Lipinski definition) is 0. The van der Waals surface area contributed by atoms with Crippen molar-refractivity contribution in [1.29, 1.82) is 0 Å². The van der Waals surface area contributed by atoms with Crippen LogP contribution in [0.4, 0.5) is 26.3 Å². The van der Waals surface area contributed by atoms with Crippen molar-refractivity contribution in [2.45, 2.75) is 36.4 Å². The quantitative estimate of drug-likeness (QED) is 0.485. The Morgan fingerprint density at radius 1 is 1.08 bits per heavy atom. The third-order valence-corrected chi connectivity index (χ3v) is 6.39. The highest BCUT2D eigenvalue weighted by Crippen LogP contribution is 2.39. The molecule has 1 atom stereocenters.